The largest absolute Gasteiger partial charge is 0.352 e. The Bertz CT molecular complexity index is 1070. The van der Waals surface area contributed by atoms with Gasteiger partial charge in [0.2, 0.25) is 5.91 Å². The maximum atomic E-state index is 13.7. The van der Waals surface area contributed by atoms with Crippen LogP contribution in [0.15, 0.2) is 54.9 Å². The van der Waals surface area contributed by atoms with E-state index in [1.807, 2.05) is 29.2 Å². The van der Waals surface area contributed by atoms with Gasteiger partial charge in [-0.1, -0.05) is 24.3 Å². The van der Waals surface area contributed by atoms with E-state index in [1.165, 1.54) is 12.1 Å². The van der Waals surface area contributed by atoms with Gasteiger partial charge in [-0.3, -0.25) is 4.79 Å². The average Bonchev–Trinajstić information content (AvgIpc) is 2.86. The molecule has 2 aliphatic heterocycles. The summed E-state index contributed by atoms with van der Waals surface area (Å²) in [4.78, 5) is 26.7. The summed E-state index contributed by atoms with van der Waals surface area (Å²) in [6.45, 7) is 5.06. The molecule has 1 amide bonds. The summed E-state index contributed by atoms with van der Waals surface area (Å²) < 4.78 is 13.5. The molecule has 2 saturated heterocycles. The zero-order chi connectivity index (χ0) is 21.9. The summed E-state index contributed by atoms with van der Waals surface area (Å²) in [5.41, 5.74) is 1.77. The van der Waals surface area contributed by atoms with Crippen LogP contribution in [0.5, 0.6) is 0 Å². The second-order valence-corrected chi connectivity index (χ2v) is 8.32. The summed E-state index contributed by atoms with van der Waals surface area (Å²) in [5, 5.41) is 7.87. The molecule has 0 saturated carbocycles. The van der Waals surface area contributed by atoms with E-state index >= 15 is 0 Å². The summed E-state index contributed by atoms with van der Waals surface area (Å²) in [5.74, 6) is 0.358. The molecular weight excluding hydrogens is 407 g/mol. The highest BCUT2D eigenvalue weighted by Crippen LogP contribution is 2.27. The predicted octanol–water partition coefficient (Wildman–Crippen LogP) is 1.76. The maximum absolute atomic E-state index is 13.7. The van der Waals surface area contributed by atoms with Crippen LogP contribution in [-0.2, 0) is 4.79 Å². The van der Waals surface area contributed by atoms with Gasteiger partial charge in [-0.05, 0) is 29.8 Å². The van der Waals surface area contributed by atoms with Crippen molar-refractivity contribution in [3.05, 3.63) is 66.2 Å². The van der Waals surface area contributed by atoms with Gasteiger partial charge >= 0.3 is 0 Å². The van der Waals surface area contributed by atoms with E-state index in [9.17, 15) is 9.18 Å². The zero-order valence-electron chi connectivity index (χ0n) is 17.9. The minimum atomic E-state index is -0.352. The van der Waals surface area contributed by atoms with Gasteiger partial charge in [-0.2, -0.15) is 0 Å². The lowest BCUT2D eigenvalue weighted by Crippen LogP contribution is -2.57. The highest BCUT2D eigenvalue weighted by atomic mass is 19.1. The Morgan fingerprint density at radius 3 is 2.53 bits per heavy atom. The van der Waals surface area contributed by atoms with Gasteiger partial charge in [0.05, 0.1) is 11.4 Å². The molecule has 0 bridgehead atoms. The molecule has 0 aliphatic carbocycles. The molecule has 2 aromatic carbocycles. The van der Waals surface area contributed by atoms with E-state index < -0.39 is 0 Å². The Morgan fingerprint density at radius 2 is 1.78 bits per heavy atom. The molecule has 0 spiro atoms. The number of halogens is 1. The molecule has 2 fully saturated rings. The Labute approximate surface area is 186 Å². The molecule has 32 heavy (non-hydrogen) atoms. The quantitative estimate of drug-likeness (QED) is 0.652. The smallest absolute Gasteiger partial charge is 0.231 e. The number of rotatable bonds is 4. The van der Waals surface area contributed by atoms with Crippen molar-refractivity contribution in [1.29, 1.82) is 0 Å². The van der Waals surface area contributed by atoms with E-state index in [0.717, 1.165) is 35.4 Å². The first-order valence-electron chi connectivity index (χ1n) is 11.1. The van der Waals surface area contributed by atoms with Crippen LogP contribution in [0.2, 0.25) is 0 Å². The molecule has 166 valence electrons. The second kappa shape index (κ2) is 9.18. The number of hydrogen-bond donors (Lipinski definition) is 2. The zero-order valence-corrected chi connectivity index (χ0v) is 17.9. The van der Waals surface area contributed by atoms with E-state index in [0.29, 0.717) is 32.7 Å². The number of fused-ring (bicyclic) bond motifs is 1. The molecular formula is C24H27FN6O. The van der Waals surface area contributed by atoms with Gasteiger partial charge < -0.3 is 20.4 Å². The number of para-hydroxylation sites is 1. The topological polar surface area (TPSA) is 73.4 Å². The summed E-state index contributed by atoms with van der Waals surface area (Å²) in [7, 11) is 0. The van der Waals surface area contributed by atoms with Crippen molar-refractivity contribution < 1.29 is 9.18 Å². The molecule has 7 nitrogen and oxygen atoms in total. The van der Waals surface area contributed by atoms with Crippen molar-refractivity contribution in [3.63, 3.8) is 0 Å². The summed E-state index contributed by atoms with van der Waals surface area (Å²) in [6, 6.07) is 14.3. The molecule has 2 atom stereocenters. The molecule has 2 aliphatic rings. The number of anilines is 1. The number of carbonyl (C=O) groups excluding carboxylic acids is 1. The number of nitrogens with one attached hydrogen (secondary N) is 2. The third kappa shape index (κ3) is 4.16. The van der Waals surface area contributed by atoms with Gasteiger partial charge in [0.15, 0.2) is 0 Å². The van der Waals surface area contributed by atoms with Crippen LogP contribution in [0.1, 0.15) is 11.5 Å². The molecule has 2 N–H and O–H groups in total. The third-order valence-electron chi connectivity index (χ3n) is 6.38. The molecule has 8 heteroatoms. The SMILES string of the molecule is O=C(C(c1ccc(F)cc1)C1CNCCN1)N1CCN(c2ncnc3ccccc23)CC1. The van der Waals surface area contributed by atoms with Crippen LogP contribution in [0.25, 0.3) is 10.9 Å². The lowest BCUT2D eigenvalue weighted by atomic mass is 9.88. The van der Waals surface area contributed by atoms with E-state index in [-0.39, 0.29) is 23.7 Å². The second-order valence-electron chi connectivity index (χ2n) is 8.32. The average molecular weight is 435 g/mol. The van der Waals surface area contributed by atoms with E-state index in [1.54, 1.807) is 18.5 Å². The van der Waals surface area contributed by atoms with Gasteiger partial charge in [0.25, 0.3) is 0 Å². The van der Waals surface area contributed by atoms with Crippen molar-refractivity contribution in [2.45, 2.75) is 12.0 Å². The number of amides is 1. The first-order chi connectivity index (χ1) is 15.7. The minimum Gasteiger partial charge on any atom is -0.352 e. The van der Waals surface area contributed by atoms with Crippen molar-refractivity contribution in [2.24, 2.45) is 0 Å². The molecule has 3 heterocycles. The van der Waals surface area contributed by atoms with Crippen LogP contribution in [0, 0.1) is 5.82 Å². The highest BCUT2D eigenvalue weighted by molar-refractivity contribution is 5.89. The van der Waals surface area contributed by atoms with Gasteiger partial charge in [0, 0.05) is 57.2 Å². The van der Waals surface area contributed by atoms with Crippen molar-refractivity contribution in [1.82, 2.24) is 25.5 Å². The van der Waals surface area contributed by atoms with Crippen LogP contribution in [0.4, 0.5) is 10.2 Å². The maximum Gasteiger partial charge on any atom is 0.231 e. The number of hydrogen-bond acceptors (Lipinski definition) is 6. The molecule has 2 unspecified atom stereocenters. The van der Waals surface area contributed by atoms with Crippen molar-refractivity contribution in [2.75, 3.05) is 50.7 Å². The number of benzene rings is 2. The summed E-state index contributed by atoms with van der Waals surface area (Å²) >= 11 is 0. The van der Waals surface area contributed by atoms with Gasteiger partial charge in [-0.15, -0.1) is 0 Å². The fourth-order valence-electron chi connectivity index (χ4n) is 4.71. The highest BCUT2D eigenvalue weighted by Gasteiger charge is 2.35. The number of piperazine rings is 2. The lowest BCUT2D eigenvalue weighted by molar-refractivity contribution is -0.134. The first-order valence-corrected chi connectivity index (χ1v) is 11.1. The molecule has 0 radical (unpaired) electrons. The Kier molecular flexibility index (Phi) is 5.96. The number of nitrogens with zero attached hydrogens (tertiary/aromatic N) is 4. The standard InChI is InChI=1S/C24H27FN6O/c25-18-7-5-17(6-8-18)22(21-15-26-9-10-27-21)24(32)31-13-11-30(12-14-31)23-19-3-1-2-4-20(19)28-16-29-23/h1-8,16,21-22,26-27H,9-15H2. The van der Waals surface area contributed by atoms with Crippen LogP contribution >= 0.6 is 0 Å². The lowest BCUT2D eigenvalue weighted by Gasteiger charge is -2.39. The molecule has 1 aromatic heterocycles. The van der Waals surface area contributed by atoms with Crippen LogP contribution < -0.4 is 15.5 Å². The fraction of sp³-hybridized carbons (Fsp3) is 0.375. The molecule has 3 aromatic rings. The third-order valence-corrected chi connectivity index (χ3v) is 6.38. The van der Waals surface area contributed by atoms with Gasteiger partial charge in [-0.25, -0.2) is 14.4 Å². The Morgan fingerprint density at radius 1 is 1.00 bits per heavy atom. The normalized spacial score (nSPS) is 20.3. The van der Waals surface area contributed by atoms with E-state index in [4.69, 9.17) is 0 Å². The summed E-state index contributed by atoms with van der Waals surface area (Å²) in [6.07, 6.45) is 1.60. The van der Waals surface area contributed by atoms with Gasteiger partial charge in [0.1, 0.15) is 18.0 Å². The van der Waals surface area contributed by atoms with Crippen molar-refractivity contribution in [3.8, 4) is 0 Å². The van der Waals surface area contributed by atoms with Crippen LogP contribution in [-0.4, -0.2) is 72.6 Å². The first kappa shape index (κ1) is 20.8. The fourth-order valence-corrected chi connectivity index (χ4v) is 4.71. The van der Waals surface area contributed by atoms with E-state index in [2.05, 4.69) is 25.5 Å². The number of aromatic nitrogens is 2. The minimum absolute atomic E-state index is 0.0226. The monoisotopic (exact) mass is 434 g/mol. The van der Waals surface area contributed by atoms with Crippen molar-refractivity contribution >= 4 is 22.6 Å². The number of carbonyl (C=O) groups is 1. The predicted molar refractivity (Wildman–Crippen MR) is 122 cm³/mol. The Balaban J connectivity index is 1.34. The Hall–Kier alpha value is -3.10. The van der Waals surface area contributed by atoms with Crippen LogP contribution in [0.3, 0.4) is 0 Å². The molecule has 5 rings (SSSR count).